The lowest BCUT2D eigenvalue weighted by Gasteiger charge is -2.31. The topological polar surface area (TPSA) is 414 Å². The van der Waals surface area contributed by atoms with E-state index in [0.717, 1.165) is 118 Å². The van der Waals surface area contributed by atoms with Crippen molar-refractivity contribution in [2.75, 3.05) is 26.6 Å². The molecule has 7 saturated carbocycles. The van der Waals surface area contributed by atoms with Crippen molar-refractivity contribution in [1.29, 1.82) is 0 Å². The first kappa shape index (κ1) is 95.0. The van der Waals surface area contributed by atoms with Crippen molar-refractivity contribution in [3.05, 3.63) is 87.3 Å². The first-order valence-corrected chi connectivity index (χ1v) is 43.9. The summed E-state index contributed by atoms with van der Waals surface area (Å²) >= 11 is 0. The van der Waals surface area contributed by atoms with Gasteiger partial charge < -0.3 is 60.0 Å². The maximum atomic E-state index is 13.9. The van der Waals surface area contributed by atoms with Gasteiger partial charge in [-0.3, -0.25) is 24.0 Å². The van der Waals surface area contributed by atoms with Gasteiger partial charge in [-0.25, -0.2) is 58.6 Å². The number of carbonyl (C=O) groups is 5. The molecule has 5 aromatic rings. The first-order chi connectivity index (χ1) is 55.3. The van der Waals surface area contributed by atoms with E-state index in [9.17, 15) is 32.8 Å². The third kappa shape index (κ3) is 31.9. The number of amides is 5. The maximum absolute atomic E-state index is 13.9. The van der Waals surface area contributed by atoms with Gasteiger partial charge in [-0.15, -0.1) is 0 Å². The minimum atomic E-state index is -1.22. The van der Waals surface area contributed by atoms with Crippen LogP contribution in [0.4, 0.5) is 38.5 Å². The van der Waals surface area contributed by atoms with E-state index >= 15 is 0 Å². The highest BCUT2D eigenvalue weighted by Crippen LogP contribution is 2.48. The number of aromatic nitrogens is 10. The van der Waals surface area contributed by atoms with E-state index in [4.69, 9.17) is 38.4 Å². The van der Waals surface area contributed by atoms with Crippen molar-refractivity contribution in [3.8, 4) is 0 Å². The molecular formula is C90H144F2N20O6. The molecule has 0 bridgehead atoms. The van der Waals surface area contributed by atoms with Crippen LogP contribution in [-0.2, 0) is 36.8 Å². The number of nitrogens with two attached hydrogens (primary N) is 5. The molecule has 1 unspecified atom stereocenters. The predicted octanol–water partition coefficient (Wildman–Crippen LogP) is 16.9. The monoisotopic (exact) mass is 1640 g/mol. The number of halogens is 2. The van der Waals surface area contributed by atoms with Gasteiger partial charge in [0.2, 0.25) is 29.7 Å². The maximum Gasteiger partial charge on any atom is 0.252 e. The fourth-order valence-electron chi connectivity index (χ4n) is 16.8. The first-order valence-electron chi connectivity index (χ1n) is 43.9. The highest BCUT2D eigenvalue weighted by Gasteiger charge is 2.41. The number of hydrogen-bond acceptors (Lipinski definition) is 21. The lowest BCUT2D eigenvalue weighted by molar-refractivity contribution is -0.0862. The molecule has 5 heterocycles. The molecule has 5 amide bonds. The summed E-state index contributed by atoms with van der Waals surface area (Å²) in [7, 11) is 0. The Labute approximate surface area is 701 Å². The molecule has 0 aromatic carbocycles. The van der Waals surface area contributed by atoms with Crippen LogP contribution in [0.25, 0.3) is 0 Å². The molecule has 12 rings (SSSR count). The zero-order chi connectivity index (χ0) is 86.7. The van der Waals surface area contributed by atoms with Gasteiger partial charge in [-0.1, -0.05) is 130 Å². The molecule has 7 aliphatic rings. The minimum absolute atomic E-state index is 0.0172. The molecule has 0 spiro atoms. The van der Waals surface area contributed by atoms with E-state index < -0.39 is 41.6 Å². The Morgan fingerprint density at radius 2 is 0.669 bits per heavy atom. The van der Waals surface area contributed by atoms with Crippen molar-refractivity contribution in [1.82, 2.24) is 49.8 Å². The number of alkyl halides is 2. The second kappa shape index (κ2) is 42.2. The van der Waals surface area contributed by atoms with Crippen molar-refractivity contribution in [3.63, 3.8) is 0 Å². The Bertz CT molecular complexity index is 4090. The second-order valence-electron chi connectivity index (χ2n) is 40.2. The Hall–Kier alpha value is -8.43. The van der Waals surface area contributed by atoms with Crippen molar-refractivity contribution >= 4 is 59.3 Å². The summed E-state index contributed by atoms with van der Waals surface area (Å²) in [4.78, 5) is 103. The highest BCUT2D eigenvalue weighted by atomic mass is 19.1. The predicted molar refractivity (Wildman–Crippen MR) is 465 cm³/mol. The number of carbonyl (C=O) groups excluding carboxylic acids is 5. The van der Waals surface area contributed by atoms with E-state index in [-0.39, 0.29) is 45.3 Å². The summed E-state index contributed by atoms with van der Waals surface area (Å²) in [6.07, 6.45) is 38.2. The number of ether oxygens (including phenoxy) is 1. The normalized spacial score (nSPS) is 22.8. The number of anilines is 5. The molecule has 28 heteroatoms. The van der Waals surface area contributed by atoms with Gasteiger partial charge in [-0.05, 0) is 238 Å². The number of rotatable bonds is 27. The van der Waals surface area contributed by atoms with Gasteiger partial charge in [0.05, 0.1) is 62.4 Å². The van der Waals surface area contributed by atoms with Crippen LogP contribution >= 0.6 is 0 Å². The molecule has 7 fully saturated rings. The lowest BCUT2D eigenvalue weighted by atomic mass is 9.81. The molecule has 0 aliphatic heterocycles. The van der Waals surface area contributed by atoms with Crippen LogP contribution in [0.5, 0.6) is 0 Å². The van der Waals surface area contributed by atoms with E-state index in [1.165, 1.54) is 109 Å². The zero-order valence-electron chi connectivity index (χ0n) is 74.2. The van der Waals surface area contributed by atoms with Gasteiger partial charge in [0.15, 0.2) is 6.36 Å². The smallest absolute Gasteiger partial charge is 0.252 e. The van der Waals surface area contributed by atoms with Crippen molar-refractivity contribution < 1.29 is 37.5 Å². The number of hydrogen-bond donors (Lipinski definition) is 10. The van der Waals surface area contributed by atoms with Crippen LogP contribution in [0.2, 0.25) is 0 Å². The third-order valence-electron chi connectivity index (χ3n) is 24.2. The SMILES string of the molecule is CC(C)(C)Cc1nc(NC2CCC(C)(F)CC2)ncc1C(N)=O.CC(C)(C)Cc1nc(NC2CCCCC2)ncc1C(N)=O.CC(F)OC1CCC(Nc2ncc(C(N)=O)c(CC(C)(C)C)n2)CC1.CC1CCC(Nc2ncc(C(N)=O)c(CC(C)(C)C3CC3)n2)CC1.CCC1CCC(Nc2ncc(C(N)=O)c(CC(C)(C)C3CC3)n2)CC1. The fraction of sp³-hybridized carbons (Fsp3) is 0.722. The van der Waals surface area contributed by atoms with Gasteiger partial charge in [-0.2, -0.15) is 0 Å². The third-order valence-corrected chi connectivity index (χ3v) is 24.2. The minimum Gasteiger partial charge on any atom is -0.365 e. The molecule has 26 nitrogen and oxygen atoms in total. The standard InChI is InChI=1S/C20H32N4O.C19H30N4O.C18H29FN4O2.C17H27FN4O.C16H26N4O/c1-4-13-5-9-15(10-6-13)23-19-22-12-16(18(21)25)17(24-19)11-20(2,3)14-7-8-14;1-12-4-8-14(9-5-12)22-18-21-11-15(17(20)24)16(23-18)10-19(2,3)13-6-7-13;1-11(19)25-13-7-5-12(6-8-13)22-17-21-10-14(16(20)24)15(23-17)9-18(2,3)4;1-16(2,3)9-13-12(14(19)23)10-20-15(22-13)21-11-5-7-17(4,18)8-6-11;1-16(2,3)9-13-12(14(17)21)10-18-15(20-13)19-11-7-5-4-6-8-11/h12-15H,4-11H2,1-3H3,(H2,21,25)(H,22,23,24);11-14H,4-10H2,1-3H3,(H2,20,24)(H,21,22,23);10-13H,5-9H2,1-4H3,(H2,20,24)(H,21,22,23);10-11H,5-9H2,1-4H3,(H2,19,23)(H,20,21,22);10-11H,4-9H2,1-3H3,(H2,17,21)(H,18,19,20). The molecular weight excluding hydrogens is 1500 g/mol. The summed E-state index contributed by atoms with van der Waals surface area (Å²) < 4.78 is 32.0. The Balaban J connectivity index is 0.000000184. The zero-order valence-corrected chi connectivity index (χ0v) is 74.2. The molecule has 1 atom stereocenters. The van der Waals surface area contributed by atoms with Crippen LogP contribution in [0.15, 0.2) is 31.0 Å². The Kier molecular flexibility index (Phi) is 34.0. The van der Waals surface area contributed by atoms with Crippen LogP contribution in [0.3, 0.4) is 0 Å². The summed E-state index contributed by atoms with van der Waals surface area (Å²) in [6.45, 7) is 35.5. The average molecular weight is 1640 g/mol. The summed E-state index contributed by atoms with van der Waals surface area (Å²) in [5, 5.41) is 16.9. The number of primary amides is 5. The largest absolute Gasteiger partial charge is 0.365 e. The Morgan fingerprint density at radius 1 is 0.407 bits per heavy atom. The van der Waals surface area contributed by atoms with Crippen LogP contribution < -0.4 is 55.3 Å². The second-order valence-corrected chi connectivity index (χ2v) is 40.2. The molecule has 0 saturated heterocycles. The molecule has 0 radical (unpaired) electrons. The van der Waals surface area contributed by atoms with E-state index in [1.54, 1.807) is 25.5 Å². The van der Waals surface area contributed by atoms with Crippen LogP contribution in [-0.4, -0.2) is 128 Å². The Morgan fingerprint density at radius 3 is 0.932 bits per heavy atom. The van der Waals surface area contributed by atoms with E-state index in [2.05, 4.69) is 175 Å². The van der Waals surface area contributed by atoms with Gasteiger partial charge >= 0.3 is 0 Å². The van der Waals surface area contributed by atoms with Gasteiger partial charge in [0, 0.05) is 61.2 Å². The van der Waals surface area contributed by atoms with Crippen LogP contribution in [0.1, 0.15) is 365 Å². The number of nitrogens with zero attached hydrogens (tertiary/aromatic N) is 10. The van der Waals surface area contributed by atoms with Crippen molar-refractivity contribution in [2.24, 2.45) is 79.4 Å². The van der Waals surface area contributed by atoms with Crippen LogP contribution in [0, 0.1) is 50.7 Å². The summed E-state index contributed by atoms with van der Waals surface area (Å²) in [5.74, 6) is 3.68. The van der Waals surface area contributed by atoms with Gasteiger partial charge in [0.25, 0.3) is 29.5 Å². The van der Waals surface area contributed by atoms with E-state index in [0.29, 0.717) is 119 Å². The molecule has 118 heavy (non-hydrogen) atoms. The molecule has 15 N–H and O–H groups in total. The quantitative estimate of drug-likeness (QED) is 0.0233. The van der Waals surface area contributed by atoms with Gasteiger partial charge in [0.1, 0.15) is 5.67 Å². The summed E-state index contributed by atoms with van der Waals surface area (Å²) in [6, 6.07) is 1.70. The molecule has 7 aliphatic carbocycles. The highest BCUT2D eigenvalue weighted by molar-refractivity contribution is 5.96. The van der Waals surface area contributed by atoms with E-state index in [1.807, 2.05) is 0 Å². The fourth-order valence-corrected chi connectivity index (χ4v) is 16.8. The lowest BCUT2D eigenvalue weighted by Crippen LogP contribution is -2.33. The molecule has 654 valence electrons. The molecule has 5 aromatic heterocycles. The average Bonchev–Trinajstić information content (AvgIpc) is 1.72. The van der Waals surface area contributed by atoms with Crippen molar-refractivity contribution in [2.45, 2.75) is 365 Å². The number of nitrogens with one attached hydrogen (secondary N) is 5. The summed E-state index contributed by atoms with van der Waals surface area (Å²) in [5.41, 5.74) is 32.4.